The van der Waals surface area contributed by atoms with Crippen molar-refractivity contribution < 1.29 is 43.6 Å². The molecule has 1 saturated heterocycles. The highest BCUT2D eigenvalue weighted by Gasteiger charge is 2.47. The Balaban J connectivity index is 2.19. The van der Waals surface area contributed by atoms with Crippen LogP contribution < -0.4 is 0 Å². The van der Waals surface area contributed by atoms with Crippen LogP contribution in [0.4, 0.5) is 0 Å². The summed E-state index contributed by atoms with van der Waals surface area (Å²) in [6, 6.07) is 0. The molecule has 2 N–H and O–H groups in total. The smallest absolute Gasteiger partial charge is 0.313 e. The number of aliphatic hydroxyl groups is 2. The van der Waals surface area contributed by atoms with Gasteiger partial charge in [0.1, 0.15) is 35.8 Å². The number of esters is 2. The number of hydrogen-bond acceptors (Lipinski definition) is 9. The molecule has 0 saturated carbocycles. The average Bonchev–Trinajstić information content (AvgIpc) is 3.59. The molecule has 218 valence electrons. The van der Waals surface area contributed by atoms with Gasteiger partial charge in [0, 0.05) is 38.0 Å². The predicted molar refractivity (Wildman–Crippen MR) is 144 cm³/mol. The van der Waals surface area contributed by atoms with Crippen LogP contribution in [0.2, 0.25) is 0 Å². The standard InChI is InChI=1S/C30H44O9/c1-8-23(33)20(4)28-24(38-28)17-29(6,35)14-9-10-18(2)27-19(3)11-12-25(37-21(5)31)30(7,36)15-13-22(32)16-26(34)39-27/h9-12,14,19-20,24-25,27-28,35-36H,8,13,15-17H2,1-7H3/b12-11+,14-9+,18-10+/t19-,20?,24+,25-,27+,28+,29?,30-/m0/s1. The monoisotopic (exact) mass is 548 g/mol. The number of epoxide rings is 1. The van der Waals surface area contributed by atoms with Crippen molar-refractivity contribution >= 4 is 23.5 Å². The Morgan fingerprint density at radius 3 is 2.56 bits per heavy atom. The Labute approximate surface area is 231 Å². The van der Waals surface area contributed by atoms with Gasteiger partial charge in [0.2, 0.25) is 0 Å². The number of cyclic esters (lactones) is 1. The van der Waals surface area contributed by atoms with Crippen LogP contribution in [0.15, 0.2) is 36.0 Å². The lowest BCUT2D eigenvalue weighted by Gasteiger charge is -2.31. The number of carbonyl (C=O) groups is 4. The molecular weight excluding hydrogens is 504 g/mol. The minimum absolute atomic E-state index is 0.0172. The molecule has 0 spiro atoms. The van der Waals surface area contributed by atoms with E-state index < -0.39 is 41.8 Å². The van der Waals surface area contributed by atoms with Gasteiger partial charge in [-0.2, -0.15) is 0 Å². The van der Waals surface area contributed by atoms with Crippen LogP contribution in [0.5, 0.6) is 0 Å². The maximum absolute atomic E-state index is 12.5. The molecule has 0 bridgehead atoms. The highest BCUT2D eigenvalue weighted by Crippen LogP contribution is 2.36. The van der Waals surface area contributed by atoms with Gasteiger partial charge in [-0.1, -0.05) is 45.1 Å². The van der Waals surface area contributed by atoms with E-state index in [2.05, 4.69) is 0 Å². The molecule has 0 aromatic rings. The molecule has 9 nitrogen and oxygen atoms in total. The van der Waals surface area contributed by atoms with Crippen molar-refractivity contribution in [2.75, 3.05) is 0 Å². The molecule has 9 heteroatoms. The van der Waals surface area contributed by atoms with E-state index in [0.717, 1.165) is 0 Å². The van der Waals surface area contributed by atoms with Crippen LogP contribution in [0, 0.1) is 11.8 Å². The second kappa shape index (κ2) is 13.6. The third kappa shape index (κ3) is 10.1. The van der Waals surface area contributed by atoms with Crippen molar-refractivity contribution in [3.05, 3.63) is 36.0 Å². The van der Waals surface area contributed by atoms with E-state index >= 15 is 0 Å². The van der Waals surface area contributed by atoms with Gasteiger partial charge >= 0.3 is 11.9 Å². The fourth-order valence-electron chi connectivity index (χ4n) is 4.75. The lowest BCUT2D eigenvalue weighted by Crippen LogP contribution is -2.42. The molecular formula is C30H44O9. The van der Waals surface area contributed by atoms with Crippen molar-refractivity contribution in [3.63, 3.8) is 0 Å². The van der Waals surface area contributed by atoms with Gasteiger partial charge in [0.15, 0.2) is 0 Å². The molecule has 2 heterocycles. The van der Waals surface area contributed by atoms with Gasteiger partial charge in [0.05, 0.1) is 17.8 Å². The molecule has 1 fully saturated rings. The Morgan fingerprint density at radius 1 is 1.28 bits per heavy atom. The first-order valence-corrected chi connectivity index (χ1v) is 13.6. The molecule has 0 amide bonds. The molecule has 0 radical (unpaired) electrons. The molecule has 2 aliphatic heterocycles. The zero-order valence-electron chi connectivity index (χ0n) is 24.1. The second-order valence-electron chi connectivity index (χ2n) is 11.3. The molecule has 39 heavy (non-hydrogen) atoms. The van der Waals surface area contributed by atoms with Crippen molar-refractivity contribution in [3.8, 4) is 0 Å². The zero-order chi connectivity index (χ0) is 29.5. The number of hydrogen-bond donors (Lipinski definition) is 2. The van der Waals surface area contributed by atoms with E-state index in [0.29, 0.717) is 18.4 Å². The average molecular weight is 549 g/mol. The third-order valence-corrected chi connectivity index (χ3v) is 7.33. The number of allylic oxidation sites excluding steroid dienone is 2. The molecule has 0 aromatic heterocycles. The number of ether oxygens (including phenoxy) is 3. The summed E-state index contributed by atoms with van der Waals surface area (Å²) in [5.74, 6) is -2.08. The van der Waals surface area contributed by atoms with Gasteiger partial charge in [-0.15, -0.1) is 0 Å². The number of Topliss-reactive ketones (excluding diaryl/α,β-unsaturated/α-hetero) is 2. The summed E-state index contributed by atoms with van der Waals surface area (Å²) in [7, 11) is 0. The number of rotatable bonds is 9. The molecule has 2 aliphatic rings. The lowest BCUT2D eigenvalue weighted by molar-refractivity contribution is -0.156. The van der Waals surface area contributed by atoms with E-state index in [1.54, 1.807) is 44.2 Å². The van der Waals surface area contributed by atoms with E-state index in [1.165, 1.54) is 13.8 Å². The summed E-state index contributed by atoms with van der Waals surface area (Å²) in [4.78, 5) is 48.5. The fraction of sp³-hybridized carbons (Fsp3) is 0.667. The van der Waals surface area contributed by atoms with E-state index in [1.807, 2.05) is 20.8 Å². The van der Waals surface area contributed by atoms with Crippen molar-refractivity contribution in [1.29, 1.82) is 0 Å². The van der Waals surface area contributed by atoms with Gasteiger partial charge in [0.25, 0.3) is 0 Å². The van der Waals surface area contributed by atoms with Gasteiger partial charge in [-0.05, 0) is 38.8 Å². The van der Waals surface area contributed by atoms with Crippen molar-refractivity contribution in [2.24, 2.45) is 11.8 Å². The highest BCUT2D eigenvalue weighted by molar-refractivity contribution is 5.95. The maximum Gasteiger partial charge on any atom is 0.313 e. The summed E-state index contributed by atoms with van der Waals surface area (Å²) < 4.78 is 16.6. The summed E-state index contributed by atoms with van der Waals surface area (Å²) >= 11 is 0. The van der Waals surface area contributed by atoms with Crippen LogP contribution in [-0.2, 0) is 33.4 Å². The topological polar surface area (TPSA) is 140 Å². The Morgan fingerprint density at radius 2 is 1.95 bits per heavy atom. The van der Waals surface area contributed by atoms with Crippen LogP contribution >= 0.6 is 0 Å². The first kappa shape index (κ1) is 32.6. The minimum Gasteiger partial charge on any atom is -0.457 e. The second-order valence-corrected chi connectivity index (χ2v) is 11.3. The first-order valence-electron chi connectivity index (χ1n) is 13.6. The largest absolute Gasteiger partial charge is 0.457 e. The third-order valence-electron chi connectivity index (χ3n) is 7.33. The molecule has 0 aliphatic carbocycles. The van der Waals surface area contributed by atoms with E-state index in [4.69, 9.17) is 14.2 Å². The van der Waals surface area contributed by atoms with Crippen LogP contribution in [-0.4, -0.2) is 69.3 Å². The van der Waals surface area contributed by atoms with Crippen molar-refractivity contribution in [2.45, 2.75) is 116 Å². The highest BCUT2D eigenvalue weighted by atomic mass is 16.6. The fourth-order valence-corrected chi connectivity index (χ4v) is 4.75. The summed E-state index contributed by atoms with van der Waals surface area (Å²) in [5.41, 5.74) is -2.02. The van der Waals surface area contributed by atoms with Crippen LogP contribution in [0.25, 0.3) is 0 Å². The minimum atomic E-state index is -1.50. The number of carbonyl (C=O) groups excluding carboxylic acids is 4. The molecule has 8 atom stereocenters. The first-order chi connectivity index (χ1) is 18.1. The van der Waals surface area contributed by atoms with Crippen LogP contribution in [0.1, 0.15) is 80.6 Å². The number of ketones is 2. The predicted octanol–water partition coefficient (Wildman–Crippen LogP) is 3.55. The Kier molecular flexibility index (Phi) is 11.4. The summed E-state index contributed by atoms with van der Waals surface area (Å²) in [6.45, 7) is 11.6. The van der Waals surface area contributed by atoms with Gasteiger partial charge < -0.3 is 24.4 Å². The Hall–Kier alpha value is -2.62. The quantitative estimate of drug-likeness (QED) is 0.146. The van der Waals surface area contributed by atoms with Crippen LogP contribution in [0.3, 0.4) is 0 Å². The lowest BCUT2D eigenvalue weighted by atomic mass is 9.89. The van der Waals surface area contributed by atoms with E-state index in [9.17, 15) is 29.4 Å². The summed E-state index contributed by atoms with van der Waals surface area (Å²) in [5, 5.41) is 21.7. The van der Waals surface area contributed by atoms with Crippen molar-refractivity contribution in [1.82, 2.24) is 0 Å². The zero-order valence-corrected chi connectivity index (χ0v) is 24.1. The molecule has 0 aromatic carbocycles. The van der Waals surface area contributed by atoms with Gasteiger partial charge in [-0.25, -0.2) is 0 Å². The van der Waals surface area contributed by atoms with E-state index in [-0.39, 0.29) is 48.5 Å². The normalized spacial score (nSPS) is 33.8. The molecule has 2 unspecified atom stereocenters. The maximum atomic E-state index is 12.5. The van der Waals surface area contributed by atoms with Gasteiger partial charge in [-0.3, -0.25) is 19.2 Å². The molecule has 2 rings (SSSR count). The Bertz CT molecular complexity index is 1000. The summed E-state index contributed by atoms with van der Waals surface area (Å²) in [6.07, 6.45) is 6.48. The SMILES string of the molecule is CCC(=O)C(C)[C@H]1O[C@@H]1CC(C)(O)/C=C/C=C(\C)[C@H]1OC(=O)CC(=O)CC[C@](C)(O)[C@@H](OC(C)=O)/C=C/[C@@H]1C.